The van der Waals surface area contributed by atoms with Crippen LogP contribution in [0.2, 0.25) is 0 Å². The number of nitrogens with one attached hydrogen (secondary N) is 1. The fourth-order valence-corrected chi connectivity index (χ4v) is 4.02. The highest BCUT2D eigenvalue weighted by molar-refractivity contribution is 7.90. The number of sulfone groups is 1. The fraction of sp³-hybridized carbons (Fsp3) is 0.143. The normalized spacial score (nSPS) is 11.3. The van der Waals surface area contributed by atoms with E-state index < -0.39 is 15.7 Å². The van der Waals surface area contributed by atoms with Crippen LogP contribution < -0.4 is 10.1 Å². The molecule has 0 spiro atoms. The van der Waals surface area contributed by atoms with Crippen molar-refractivity contribution in [1.29, 1.82) is 0 Å². The molecule has 9 nitrogen and oxygen atoms in total. The number of anilines is 1. The van der Waals surface area contributed by atoms with E-state index in [2.05, 4.69) is 19.8 Å². The monoisotopic (exact) mass is 470 g/mol. The molecule has 2 heterocycles. The van der Waals surface area contributed by atoms with Gasteiger partial charge >= 0.3 is 0 Å². The molecule has 2 aromatic heterocycles. The number of hydrogen-bond acceptors (Lipinski definition) is 9. The third kappa shape index (κ3) is 4.84. The molecule has 4 aromatic rings. The minimum absolute atomic E-state index is 0.100. The van der Waals surface area contributed by atoms with Gasteiger partial charge in [0, 0.05) is 35.0 Å². The lowest BCUT2D eigenvalue weighted by molar-refractivity contribution is 0.101. The highest BCUT2D eigenvalue weighted by Gasteiger charge is 2.17. The smallest absolute Gasteiger partial charge is 0.279 e. The number of rotatable bonds is 7. The minimum Gasteiger partial charge on any atom is -0.494 e. The van der Waals surface area contributed by atoms with Crippen LogP contribution in [0, 0.1) is 0 Å². The molecule has 1 N–H and O–H groups in total. The number of hydrogen-bond donors (Lipinski definition) is 1. The molecule has 2 aromatic carbocycles. The van der Waals surface area contributed by atoms with Crippen LogP contribution >= 0.6 is 11.5 Å². The molecule has 0 aliphatic heterocycles. The van der Waals surface area contributed by atoms with Gasteiger partial charge < -0.3 is 9.26 Å². The summed E-state index contributed by atoms with van der Waals surface area (Å²) in [5.74, 6) is 1.08. The molecule has 0 aliphatic carbocycles. The van der Waals surface area contributed by atoms with Gasteiger partial charge in [-0.05, 0) is 55.5 Å². The van der Waals surface area contributed by atoms with Gasteiger partial charge in [-0.1, -0.05) is 5.16 Å². The molecule has 0 bridgehead atoms. The zero-order valence-electron chi connectivity index (χ0n) is 17.1. The molecule has 11 heteroatoms. The Kier molecular flexibility index (Phi) is 6.01. The maximum absolute atomic E-state index is 12.5. The topological polar surface area (TPSA) is 124 Å². The van der Waals surface area contributed by atoms with Gasteiger partial charge in [-0.3, -0.25) is 10.1 Å². The van der Waals surface area contributed by atoms with Crippen molar-refractivity contribution in [1.82, 2.24) is 14.5 Å². The van der Waals surface area contributed by atoms with E-state index in [1.54, 1.807) is 12.1 Å². The average molecular weight is 471 g/mol. The maximum atomic E-state index is 12.5. The van der Waals surface area contributed by atoms with Gasteiger partial charge in [0.25, 0.3) is 5.91 Å². The Morgan fingerprint density at radius 1 is 1.09 bits per heavy atom. The van der Waals surface area contributed by atoms with Gasteiger partial charge in [-0.25, -0.2) is 8.42 Å². The number of nitrogens with zero attached hydrogens (tertiary/aromatic N) is 3. The highest BCUT2D eigenvalue weighted by Crippen LogP contribution is 2.25. The second kappa shape index (κ2) is 8.89. The second-order valence-corrected chi connectivity index (χ2v) is 9.48. The average Bonchev–Trinajstić information content (AvgIpc) is 3.44. The van der Waals surface area contributed by atoms with Crippen molar-refractivity contribution < 1.29 is 22.5 Å². The molecule has 0 saturated carbocycles. The quantitative estimate of drug-likeness (QED) is 0.431. The molecule has 1 amide bonds. The summed E-state index contributed by atoms with van der Waals surface area (Å²) in [7, 11) is -3.28. The van der Waals surface area contributed by atoms with Crippen LogP contribution in [0.4, 0.5) is 5.13 Å². The SMILES string of the molecule is CCOc1ccc(-c2cc(C(=O)Nc3nc(-c4ccc(S(C)(=O)=O)cc4)ns3)no2)cc1. The first-order valence-electron chi connectivity index (χ1n) is 9.49. The van der Waals surface area contributed by atoms with Crippen LogP contribution in [0.1, 0.15) is 17.4 Å². The Morgan fingerprint density at radius 2 is 1.78 bits per heavy atom. The Bertz CT molecular complexity index is 1340. The van der Waals surface area contributed by atoms with E-state index in [0.29, 0.717) is 23.8 Å². The number of amides is 1. The summed E-state index contributed by atoms with van der Waals surface area (Å²) in [5.41, 5.74) is 1.49. The Labute approximate surface area is 188 Å². The summed E-state index contributed by atoms with van der Waals surface area (Å²) in [6.07, 6.45) is 1.14. The van der Waals surface area contributed by atoms with Crippen LogP contribution in [0.15, 0.2) is 64.0 Å². The number of ether oxygens (including phenoxy) is 1. The molecule has 0 radical (unpaired) electrons. The van der Waals surface area contributed by atoms with Crippen molar-refractivity contribution in [2.45, 2.75) is 11.8 Å². The zero-order valence-corrected chi connectivity index (χ0v) is 18.7. The van der Waals surface area contributed by atoms with E-state index in [0.717, 1.165) is 29.1 Å². The predicted molar refractivity (Wildman–Crippen MR) is 120 cm³/mol. The molecule has 0 saturated heterocycles. The Hall–Kier alpha value is -3.57. The largest absolute Gasteiger partial charge is 0.494 e. The van der Waals surface area contributed by atoms with Crippen LogP contribution in [-0.2, 0) is 9.84 Å². The first-order valence-corrected chi connectivity index (χ1v) is 12.2. The molecule has 32 heavy (non-hydrogen) atoms. The van der Waals surface area contributed by atoms with Crippen molar-refractivity contribution in [2.75, 3.05) is 18.2 Å². The van der Waals surface area contributed by atoms with Crippen molar-refractivity contribution in [2.24, 2.45) is 0 Å². The van der Waals surface area contributed by atoms with E-state index >= 15 is 0 Å². The third-order valence-electron chi connectivity index (χ3n) is 4.38. The Balaban J connectivity index is 1.44. The molecular formula is C21H18N4O5S2. The standard InChI is InChI=1S/C21H18N4O5S2/c1-3-29-15-8-4-13(5-9-15)18-12-17(24-30-18)20(26)23-21-22-19(25-31-21)14-6-10-16(11-7-14)32(2,27)28/h4-12H,3H2,1-2H3,(H,22,23,25,26). The minimum atomic E-state index is -3.28. The van der Waals surface area contributed by atoms with Crippen LogP contribution in [0.25, 0.3) is 22.7 Å². The fourth-order valence-electron chi connectivity index (χ4n) is 2.80. The molecule has 0 unspecified atom stereocenters. The lowest BCUT2D eigenvalue weighted by Crippen LogP contribution is -2.11. The van der Waals surface area contributed by atoms with Crippen LogP contribution in [-0.4, -0.2) is 41.7 Å². The number of carbonyl (C=O) groups excluding carboxylic acids is 1. The van der Waals surface area contributed by atoms with Gasteiger partial charge in [0.15, 0.2) is 27.1 Å². The predicted octanol–water partition coefficient (Wildman–Crippen LogP) is 3.91. The first-order chi connectivity index (χ1) is 15.3. The molecular weight excluding hydrogens is 452 g/mol. The van der Waals surface area contributed by atoms with Gasteiger partial charge in [0.2, 0.25) is 5.13 Å². The molecule has 0 atom stereocenters. The second-order valence-electron chi connectivity index (χ2n) is 6.71. The van der Waals surface area contributed by atoms with Crippen LogP contribution in [0.3, 0.4) is 0 Å². The van der Waals surface area contributed by atoms with E-state index in [-0.39, 0.29) is 15.7 Å². The summed E-state index contributed by atoms with van der Waals surface area (Å²) in [4.78, 5) is 17.0. The maximum Gasteiger partial charge on any atom is 0.279 e. The molecule has 0 fully saturated rings. The van der Waals surface area contributed by atoms with Crippen LogP contribution in [0.5, 0.6) is 5.75 Å². The van der Waals surface area contributed by atoms with E-state index in [4.69, 9.17) is 9.26 Å². The summed E-state index contributed by atoms with van der Waals surface area (Å²) in [5, 5.41) is 6.75. The number of benzene rings is 2. The molecule has 164 valence electrons. The zero-order chi connectivity index (χ0) is 22.7. The van der Waals surface area contributed by atoms with Gasteiger partial charge in [-0.2, -0.15) is 9.36 Å². The summed E-state index contributed by atoms with van der Waals surface area (Å²) in [6, 6.07) is 15.0. The highest BCUT2D eigenvalue weighted by atomic mass is 32.2. The summed E-state index contributed by atoms with van der Waals surface area (Å²) >= 11 is 1.00. The summed E-state index contributed by atoms with van der Waals surface area (Å²) < 4.78 is 38.1. The number of carbonyl (C=O) groups is 1. The molecule has 4 rings (SSSR count). The molecule has 0 aliphatic rings. The van der Waals surface area contributed by atoms with E-state index in [1.807, 2.05) is 31.2 Å². The lowest BCUT2D eigenvalue weighted by atomic mass is 10.1. The lowest BCUT2D eigenvalue weighted by Gasteiger charge is -2.02. The van der Waals surface area contributed by atoms with Crippen molar-refractivity contribution in [3.8, 4) is 28.5 Å². The van der Waals surface area contributed by atoms with E-state index in [9.17, 15) is 13.2 Å². The van der Waals surface area contributed by atoms with Crippen molar-refractivity contribution in [3.05, 3.63) is 60.3 Å². The Morgan fingerprint density at radius 3 is 2.44 bits per heavy atom. The van der Waals surface area contributed by atoms with Crippen molar-refractivity contribution >= 4 is 32.4 Å². The number of aromatic nitrogens is 3. The van der Waals surface area contributed by atoms with Crippen molar-refractivity contribution in [3.63, 3.8) is 0 Å². The summed E-state index contributed by atoms with van der Waals surface area (Å²) in [6.45, 7) is 2.48. The van der Waals surface area contributed by atoms with Gasteiger partial charge in [0.05, 0.1) is 11.5 Å². The van der Waals surface area contributed by atoms with Gasteiger partial charge in [-0.15, -0.1) is 0 Å². The van der Waals surface area contributed by atoms with Gasteiger partial charge in [0.1, 0.15) is 5.75 Å². The first kappa shape index (κ1) is 21.7. The van der Waals surface area contributed by atoms with E-state index in [1.165, 1.54) is 18.2 Å². The third-order valence-corrected chi connectivity index (χ3v) is 6.14.